The Morgan fingerprint density at radius 3 is 2.81 bits per heavy atom. The number of morpholine rings is 1. The van der Waals surface area contributed by atoms with Gasteiger partial charge in [-0.3, -0.25) is 4.79 Å². The molecule has 1 N–H and O–H groups in total. The summed E-state index contributed by atoms with van der Waals surface area (Å²) in [7, 11) is 0. The lowest BCUT2D eigenvalue weighted by atomic mass is 9.81. The van der Waals surface area contributed by atoms with Crippen LogP contribution in [0.2, 0.25) is 0 Å². The standard InChI is InChI=1S/C17H24N2O2/c1-13-11-19(17(20)16-12-21-10-8-18-16)9-7-15(13)14-5-3-2-4-6-14/h2-6,13,15-16,18H,7-12H2,1H3. The number of ether oxygens (including phenoxy) is 1. The molecule has 2 aliphatic heterocycles. The number of benzene rings is 1. The summed E-state index contributed by atoms with van der Waals surface area (Å²) in [5.41, 5.74) is 1.40. The number of carbonyl (C=O) groups excluding carboxylic acids is 1. The molecule has 4 nitrogen and oxygen atoms in total. The van der Waals surface area contributed by atoms with E-state index < -0.39 is 0 Å². The zero-order valence-electron chi connectivity index (χ0n) is 12.6. The lowest BCUT2D eigenvalue weighted by molar-refractivity contribution is -0.138. The number of hydrogen-bond donors (Lipinski definition) is 1. The van der Waals surface area contributed by atoms with E-state index in [0.29, 0.717) is 25.0 Å². The van der Waals surface area contributed by atoms with Crippen molar-refractivity contribution in [2.45, 2.75) is 25.3 Å². The Morgan fingerprint density at radius 1 is 1.33 bits per heavy atom. The van der Waals surface area contributed by atoms with Crippen molar-refractivity contribution < 1.29 is 9.53 Å². The number of piperidine rings is 1. The van der Waals surface area contributed by atoms with E-state index in [9.17, 15) is 4.79 Å². The van der Waals surface area contributed by atoms with Gasteiger partial charge in [0.05, 0.1) is 13.2 Å². The summed E-state index contributed by atoms with van der Waals surface area (Å²) in [6.45, 7) is 5.92. The first-order chi connectivity index (χ1) is 10.3. The van der Waals surface area contributed by atoms with Crippen LogP contribution in [0.25, 0.3) is 0 Å². The highest BCUT2D eigenvalue weighted by Gasteiger charge is 2.33. The predicted molar refractivity (Wildman–Crippen MR) is 82.2 cm³/mol. The summed E-state index contributed by atoms with van der Waals surface area (Å²) in [6.07, 6.45) is 1.05. The number of rotatable bonds is 2. The molecule has 4 heteroatoms. The van der Waals surface area contributed by atoms with Crippen LogP contribution in [0.15, 0.2) is 30.3 Å². The topological polar surface area (TPSA) is 41.6 Å². The minimum atomic E-state index is -0.153. The maximum atomic E-state index is 12.5. The molecule has 1 aromatic carbocycles. The zero-order valence-corrected chi connectivity index (χ0v) is 12.6. The number of amides is 1. The molecule has 0 saturated carbocycles. The van der Waals surface area contributed by atoms with E-state index in [1.807, 2.05) is 4.90 Å². The van der Waals surface area contributed by atoms with Crippen molar-refractivity contribution in [2.75, 3.05) is 32.8 Å². The van der Waals surface area contributed by atoms with Crippen LogP contribution >= 0.6 is 0 Å². The molecule has 0 spiro atoms. The molecular formula is C17H24N2O2. The number of hydrogen-bond acceptors (Lipinski definition) is 3. The van der Waals surface area contributed by atoms with E-state index in [0.717, 1.165) is 26.1 Å². The normalized spacial score (nSPS) is 30.1. The Morgan fingerprint density at radius 2 is 2.14 bits per heavy atom. The van der Waals surface area contributed by atoms with Gasteiger partial charge in [0, 0.05) is 19.6 Å². The predicted octanol–water partition coefficient (Wildman–Crippen LogP) is 1.63. The highest BCUT2D eigenvalue weighted by molar-refractivity contribution is 5.82. The molecule has 2 fully saturated rings. The van der Waals surface area contributed by atoms with Gasteiger partial charge >= 0.3 is 0 Å². The second kappa shape index (κ2) is 6.58. The van der Waals surface area contributed by atoms with Crippen molar-refractivity contribution in [3.05, 3.63) is 35.9 Å². The zero-order chi connectivity index (χ0) is 14.7. The molecule has 1 amide bonds. The maximum absolute atomic E-state index is 12.5. The number of carbonyl (C=O) groups is 1. The van der Waals surface area contributed by atoms with Crippen molar-refractivity contribution in [3.63, 3.8) is 0 Å². The molecule has 1 aromatic rings. The van der Waals surface area contributed by atoms with Crippen LogP contribution in [0.1, 0.15) is 24.8 Å². The molecule has 0 aromatic heterocycles. The molecule has 2 saturated heterocycles. The van der Waals surface area contributed by atoms with Crippen LogP contribution in [0, 0.1) is 5.92 Å². The average Bonchev–Trinajstić information content (AvgIpc) is 2.55. The van der Waals surface area contributed by atoms with Gasteiger partial charge in [-0.05, 0) is 23.8 Å². The number of nitrogens with zero attached hydrogens (tertiary/aromatic N) is 1. The number of likely N-dealkylation sites (tertiary alicyclic amines) is 1. The largest absolute Gasteiger partial charge is 0.378 e. The minimum absolute atomic E-state index is 0.153. The summed E-state index contributed by atoms with van der Waals surface area (Å²) < 4.78 is 5.40. The Kier molecular flexibility index (Phi) is 4.56. The van der Waals surface area contributed by atoms with E-state index in [2.05, 4.69) is 42.6 Å². The van der Waals surface area contributed by atoms with E-state index in [1.54, 1.807) is 0 Å². The van der Waals surface area contributed by atoms with Gasteiger partial charge in [-0.25, -0.2) is 0 Å². The Balaban J connectivity index is 1.61. The first-order valence-electron chi connectivity index (χ1n) is 7.90. The highest BCUT2D eigenvalue weighted by Crippen LogP contribution is 2.32. The van der Waals surface area contributed by atoms with Crippen LogP contribution in [0.4, 0.5) is 0 Å². The third-order valence-electron chi connectivity index (χ3n) is 4.66. The number of nitrogens with one attached hydrogen (secondary N) is 1. The van der Waals surface area contributed by atoms with E-state index in [4.69, 9.17) is 4.74 Å². The molecule has 0 radical (unpaired) electrons. The molecule has 114 valence electrons. The van der Waals surface area contributed by atoms with Gasteiger partial charge in [-0.1, -0.05) is 37.3 Å². The second-order valence-corrected chi connectivity index (χ2v) is 6.15. The lowest BCUT2D eigenvalue weighted by Crippen LogP contribution is -2.55. The SMILES string of the molecule is CC1CN(C(=O)C2COCCN2)CCC1c1ccccc1. The van der Waals surface area contributed by atoms with Crippen LogP contribution in [-0.4, -0.2) is 49.7 Å². The third kappa shape index (κ3) is 3.27. The van der Waals surface area contributed by atoms with Crippen molar-refractivity contribution in [3.8, 4) is 0 Å². The first-order valence-corrected chi connectivity index (χ1v) is 7.90. The van der Waals surface area contributed by atoms with Gasteiger partial charge in [0.1, 0.15) is 6.04 Å². The van der Waals surface area contributed by atoms with Crippen molar-refractivity contribution in [1.82, 2.24) is 10.2 Å². The molecule has 2 heterocycles. The first kappa shape index (κ1) is 14.5. The molecule has 2 aliphatic rings. The molecule has 3 atom stereocenters. The lowest BCUT2D eigenvalue weighted by Gasteiger charge is -2.39. The monoisotopic (exact) mass is 288 g/mol. The third-order valence-corrected chi connectivity index (χ3v) is 4.66. The quantitative estimate of drug-likeness (QED) is 0.899. The summed E-state index contributed by atoms with van der Waals surface area (Å²) in [4.78, 5) is 14.5. The summed E-state index contributed by atoms with van der Waals surface area (Å²) in [5, 5.41) is 3.26. The van der Waals surface area contributed by atoms with Crippen molar-refractivity contribution >= 4 is 5.91 Å². The summed E-state index contributed by atoms with van der Waals surface area (Å²) >= 11 is 0. The fourth-order valence-electron chi connectivity index (χ4n) is 3.49. The minimum Gasteiger partial charge on any atom is -0.378 e. The molecule has 0 bridgehead atoms. The average molecular weight is 288 g/mol. The van der Waals surface area contributed by atoms with Crippen LogP contribution in [0.3, 0.4) is 0 Å². The van der Waals surface area contributed by atoms with E-state index >= 15 is 0 Å². The van der Waals surface area contributed by atoms with Crippen LogP contribution < -0.4 is 5.32 Å². The highest BCUT2D eigenvalue weighted by atomic mass is 16.5. The Hall–Kier alpha value is -1.39. The van der Waals surface area contributed by atoms with Crippen molar-refractivity contribution in [1.29, 1.82) is 0 Å². The van der Waals surface area contributed by atoms with Gasteiger partial charge in [0.25, 0.3) is 0 Å². The summed E-state index contributed by atoms with van der Waals surface area (Å²) in [5.74, 6) is 1.26. The second-order valence-electron chi connectivity index (χ2n) is 6.15. The van der Waals surface area contributed by atoms with Gasteiger partial charge in [-0.2, -0.15) is 0 Å². The molecule has 3 unspecified atom stereocenters. The van der Waals surface area contributed by atoms with Gasteiger partial charge in [0.15, 0.2) is 0 Å². The van der Waals surface area contributed by atoms with Gasteiger partial charge in [-0.15, -0.1) is 0 Å². The molecule has 3 rings (SSSR count). The smallest absolute Gasteiger partial charge is 0.242 e. The van der Waals surface area contributed by atoms with Crippen LogP contribution in [-0.2, 0) is 9.53 Å². The molecule has 21 heavy (non-hydrogen) atoms. The van der Waals surface area contributed by atoms with E-state index in [1.165, 1.54) is 5.56 Å². The van der Waals surface area contributed by atoms with E-state index in [-0.39, 0.29) is 11.9 Å². The molecule has 0 aliphatic carbocycles. The maximum Gasteiger partial charge on any atom is 0.242 e. The fraction of sp³-hybridized carbons (Fsp3) is 0.588. The van der Waals surface area contributed by atoms with Gasteiger partial charge < -0.3 is 15.0 Å². The Labute approximate surface area is 126 Å². The molecular weight excluding hydrogens is 264 g/mol. The fourth-order valence-corrected chi connectivity index (χ4v) is 3.49. The van der Waals surface area contributed by atoms with Crippen LogP contribution in [0.5, 0.6) is 0 Å². The Bertz CT molecular complexity index is 471. The van der Waals surface area contributed by atoms with Crippen molar-refractivity contribution in [2.24, 2.45) is 5.92 Å². The summed E-state index contributed by atoms with van der Waals surface area (Å²) in [6, 6.07) is 10.5. The van der Waals surface area contributed by atoms with Gasteiger partial charge in [0.2, 0.25) is 5.91 Å².